The molecule has 2 aliphatic heterocycles. The maximum atomic E-state index is 14.5. The molecule has 7 rings (SSSR count). The van der Waals surface area contributed by atoms with E-state index >= 15 is 0 Å². The number of methoxy groups -OCH3 is 3. The van der Waals surface area contributed by atoms with Crippen LogP contribution in [0, 0.1) is 0 Å². The number of aliphatic hydroxyl groups excluding tert-OH is 1. The van der Waals surface area contributed by atoms with Crippen LogP contribution in [0.4, 0.5) is 0 Å². The van der Waals surface area contributed by atoms with Gasteiger partial charge in [0, 0.05) is 43.5 Å². The van der Waals surface area contributed by atoms with Gasteiger partial charge in [0.15, 0.2) is 35.7 Å². The lowest BCUT2D eigenvalue weighted by Crippen LogP contribution is -2.47. The maximum Gasteiger partial charge on any atom is 0.259 e. The first-order chi connectivity index (χ1) is 23.2. The van der Waals surface area contributed by atoms with Crippen LogP contribution in [0.2, 0.25) is 5.02 Å². The van der Waals surface area contributed by atoms with Crippen LogP contribution >= 0.6 is 11.6 Å². The molecule has 0 saturated heterocycles. The molecule has 48 heavy (non-hydrogen) atoms. The predicted octanol–water partition coefficient (Wildman–Crippen LogP) is 5.61. The highest BCUT2D eigenvalue weighted by Crippen LogP contribution is 2.62. The number of carbonyl (C=O) groups is 1. The van der Waals surface area contributed by atoms with Gasteiger partial charge in [0.25, 0.3) is 5.91 Å². The van der Waals surface area contributed by atoms with Crippen LogP contribution in [0.1, 0.15) is 45.4 Å². The van der Waals surface area contributed by atoms with Crippen molar-refractivity contribution >= 4 is 39.4 Å². The van der Waals surface area contributed by atoms with E-state index in [0.29, 0.717) is 22.3 Å². The van der Waals surface area contributed by atoms with Crippen molar-refractivity contribution in [2.75, 3.05) is 48.4 Å². The van der Waals surface area contributed by atoms with Crippen LogP contribution in [-0.4, -0.2) is 70.5 Å². The van der Waals surface area contributed by atoms with Gasteiger partial charge in [-0.05, 0) is 23.8 Å². The second kappa shape index (κ2) is 12.1. The Morgan fingerprint density at radius 2 is 1.71 bits per heavy atom. The molecule has 250 valence electrons. The minimum Gasteiger partial charge on any atom is -0.491 e. The van der Waals surface area contributed by atoms with Crippen molar-refractivity contribution < 1.29 is 47.5 Å². The predicted molar refractivity (Wildman–Crippen MR) is 175 cm³/mol. The lowest BCUT2D eigenvalue weighted by Gasteiger charge is -2.42. The molecule has 0 bridgehead atoms. The van der Waals surface area contributed by atoms with Crippen molar-refractivity contribution in [2.24, 2.45) is 0 Å². The third kappa shape index (κ3) is 4.37. The molecule has 1 aliphatic carbocycles. The van der Waals surface area contributed by atoms with Gasteiger partial charge in [-0.1, -0.05) is 36.9 Å². The van der Waals surface area contributed by atoms with Gasteiger partial charge >= 0.3 is 0 Å². The van der Waals surface area contributed by atoms with Crippen LogP contribution in [-0.2, 0) is 14.2 Å². The molecule has 4 unspecified atom stereocenters. The summed E-state index contributed by atoms with van der Waals surface area (Å²) in [5.74, 6) is 0.190. The first-order valence-electron chi connectivity index (χ1n) is 15.0. The molecule has 1 aromatic heterocycles. The first kappa shape index (κ1) is 32.0. The van der Waals surface area contributed by atoms with Gasteiger partial charge in [-0.25, -0.2) is 0 Å². The number of nitrogens with zero attached hydrogens (tertiary/aromatic N) is 1. The summed E-state index contributed by atoms with van der Waals surface area (Å²) in [6.07, 6.45) is -0.721. The molecule has 1 N–H and O–H groups in total. The number of benzene rings is 3. The average Bonchev–Trinajstić information content (AvgIpc) is 3.09. The quantitative estimate of drug-likeness (QED) is 0.175. The van der Waals surface area contributed by atoms with Gasteiger partial charge in [-0.2, -0.15) is 0 Å². The van der Waals surface area contributed by atoms with Crippen molar-refractivity contribution in [2.45, 2.75) is 24.5 Å². The number of carbonyl (C=O) groups excluding carboxylic acids is 1. The van der Waals surface area contributed by atoms with Gasteiger partial charge in [-0.3, -0.25) is 9.59 Å². The maximum absolute atomic E-state index is 14.5. The molecule has 0 fully saturated rings. The monoisotopic (exact) mass is 677 g/mol. The number of amides is 1. The normalized spacial score (nSPS) is 20.9. The van der Waals surface area contributed by atoms with Crippen LogP contribution in [0.5, 0.6) is 23.0 Å². The summed E-state index contributed by atoms with van der Waals surface area (Å²) in [7, 11) is 5.89. The molecule has 4 aromatic rings. The fourth-order valence-electron chi connectivity index (χ4n) is 6.97. The standard InChI is InChI=1S/C35H32ClNO11/c1-7-11-44-29-19-17(13-16-20(29)34(40)37(3)35(43-6)25(16)39)26(41-4)31-22-21(19)30(45-12-8-2)23-24(38)15-9-10-18(36)28(42-5)27(15)48-33(23)32(22)47-14-46-31/h7-10,13,25-26,31,35,39H,1-2,11-12,14H2,3-6H3. The summed E-state index contributed by atoms with van der Waals surface area (Å²) in [5.41, 5.74) is 1.89. The fraction of sp³-hybridized carbons (Fsp3) is 0.314. The molecular formula is C35H32ClNO11. The molecule has 12 nitrogen and oxygen atoms in total. The van der Waals surface area contributed by atoms with Crippen LogP contribution in [0.25, 0.3) is 33.1 Å². The minimum atomic E-state index is -1.23. The molecule has 3 aliphatic rings. The number of likely N-dealkylation sites (N-methyl/N-ethyl adjacent to an activating group) is 1. The van der Waals surface area contributed by atoms with Crippen molar-refractivity contribution in [3.05, 3.63) is 81.0 Å². The van der Waals surface area contributed by atoms with Crippen LogP contribution in [0.3, 0.4) is 0 Å². The van der Waals surface area contributed by atoms with Crippen molar-refractivity contribution in [1.82, 2.24) is 4.90 Å². The zero-order chi connectivity index (χ0) is 34.0. The molecule has 1 amide bonds. The van der Waals surface area contributed by atoms with Gasteiger partial charge in [-0.15, -0.1) is 0 Å². The summed E-state index contributed by atoms with van der Waals surface area (Å²) in [6, 6.07) is 4.79. The molecule has 3 heterocycles. The minimum absolute atomic E-state index is 0.00140. The topological polar surface area (TPSA) is 135 Å². The number of halogens is 1. The molecule has 0 spiro atoms. The Labute approximate surface area is 279 Å². The third-order valence-corrected chi connectivity index (χ3v) is 9.24. The Kier molecular flexibility index (Phi) is 8.09. The number of rotatable bonds is 9. The highest BCUT2D eigenvalue weighted by molar-refractivity contribution is 6.33. The molecule has 0 radical (unpaired) electrons. The molecule has 4 atom stereocenters. The zero-order valence-corrected chi connectivity index (χ0v) is 27.3. The van der Waals surface area contributed by atoms with Crippen molar-refractivity contribution in [3.8, 4) is 34.1 Å². The Bertz CT molecular complexity index is 2090. The summed E-state index contributed by atoms with van der Waals surface area (Å²) >= 11 is 6.42. The van der Waals surface area contributed by atoms with E-state index in [1.54, 1.807) is 18.2 Å². The van der Waals surface area contributed by atoms with Crippen molar-refractivity contribution in [1.29, 1.82) is 0 Å². The number of hydrogen-bond acceptors (Lipinski definition) is 11. The second-order valence-corrected chi connectivity index (χ2v) is 11.8. The second-order valence-electron chi connectivity index (χ2n) is 11.4. The molecular weight excluding hydrogens is 646 g/mol. The van der Waals surface area contributed by atoms with E-state index in [0.717, 1.165) is 0 Å². The number of fused-ring (bicyclic) bond motifs is 6. The largest absolute Gasteiger partial charge is 0.491 e. The number of ether oxygens (including phenoxy) is 7. The van der Waals surface area contributed by atoms with Crippen molar-refractivity contribution in [3.63, 3.8) is 0 Å². The highest BCUT2D eigenvalue weighted by Gasteiger charge is 2.49. The Hall–Kier alpha value is -4.59. The molecule has 0 saturated carbocycles. The SMILES string of the molecule is C=CCOc1c2c(cc3c1-c1c4c(c5oc6c(OC)c(Cl)ccc6c(=O)c5c1OCC=C)OCOC4C3OC)C(O)C(OC)N(C)C2=O. The summed E-state index contributed by atoms with van der Waals surface area (Å²) in [5, 5.41) is 12.0. The van der Waals surface area contributed by atoms with Gasteiger partial charge in [0.2, 0.25) is 5.43 Å². The number of aliphatic hydroxyl groups is 1. The van der Waals surface area contributed by atoms with E-state index in [-0.39, 0.29) is 81.1 Å². The first-order valence-corrected chi connectivity index (χ1v) is 15.4. The zero-order valence-electron chi connectivity index (χ0n) is 26.6. The summed E-state index contributed by atoms with van der Waals surface area (Å²) in [6.45, 7) is 7.40. The fourth-order valence-corrected chi connectivity index (χ4v) is 7.19. The van der Waals surface area contributed by atoms with Gasteiger partial charge in [0.05, 0.1) is 23.1 Å². The summed E-state index contributed by atoms with van der Waals surface area (Å²) < 4.78 is 48.6. The highest BCUT2D eigenvalue weighted by atomic mass is 35.5. The van der Waals surface area contributed by atoms with E-state index < -0.39 is 35.9 Å². The van der Waals surface area contributed by atoms with E-state index in [1.165, 1.54) is 45.4 Å². The Morgan fingerprint density at radius 1 is 0.979 bits per heavy atom. The van der Waals surface area contributed by atoms with Crippen LogP contribution in [0.15, 0.2) is 52.7 Å². The van der Waals surface area contributed by atoms with Gasteiger partial charge in [0.1, 0.15) is 48.4 Å². The number of hydrogen-bond donors (Lipinski definition) is 1. The Morgan fingerprint density at radius 3 is 2.38 bits per heavy atom. The van der Waals surface area contributed by atoms with E-state index in [4.69, 9.17) is 49.2 Å². The van der Waals surface area contributed by atoms with E-state index in [9.17, 15) is 14.7 Å². The smallest absolute Gasteiger partial charge is 0.259 e. The Balaban J connectivity index is 1.70. The lowest BCUT2D eigenvalue weighted by molar-refractivity contribution is -0.121. The van der Waals surface area contributed by atoms with Crippen LogP contribution < -0.4 is 24.4 Å². The summed E-state index contributed by atoms with van der Waals surface area (Å²) in [4.78, 5) is 29.8. The average molecular weight is 678 g/mol. The van der Waals surface area contributed by atoms with E-state index in [2.05, 4.69) is 13.2 Å². The van der Waals surface area contributed by atoms with E-state index in [1.807, 2.05) is 0 Å². The molecule has 3 aromatic carbocycles. The molecule has 13 heteroatoms. The lowest BCUT2D eigenvalue weighted by atomic mass is 9.76. The third-order valence-electron chi connectivity index (χ3n) is 8.95. The van der Waals surface area contributed by atoms with Gasteiger partial charge < -0.3 is 47.6 Å².